The molecular formula is C50H64O17. The van der Waals surface area contributed by atoms with Gasteiger partial charge in [0.05, 0.1) is 36.9 Å². The summed E-state index contributed by atoms with van der Waals surface area (Å²) in [5.74, 6) is -6.74. The molecule has 17 nitrogen and oxygen atoms in total. The number of hydrogen-bond donors (Lipinski definition) is 5. The van der Waals surface area contributed by atoms with Crippen molar-refractivity contribution in [1.82, 2.24) is 0 Å². The predicted octanol–water partition coefficient (Wildman–Crippen LogP) is 6.01. The zero-order valence-corrected chi connectivity index (χ0v) is 38.8. The number of aliphatic hydroxyl groups excluding tert-OH is 3. The lowest BCUT2D eigenvalue weighted by Gasteiger charge is -2.51. The molecule has 3 aliphatic carbocycles. The number of ether oxygens (including phenoxy) is 8. The van der Waals surface area contributed by atoms with E-state index in [4.69, 9.17) is 37.9 Å². The van der Waals surface area contributed by atoms with Gasteiger partial charge in [-0.2, -0.15) is 0 Å². The van der Waals surface area contributed by atoms with E-state index in [9.17, 15) is 44.7 Å². The van der Waals surface area contributed by atoms with Gasteiger partial charge in [-0.15, -0.1) is 0 Å². The van der Waals surface area contributed by atoms with Gasteiger partial charge >= 0.3 is 23.9 Å². The second kappa shape index (κ2) is 19.3. The van der Waals surface area contributed by atoms with Gasteiger partial charge in [-0.05, 0) is 89.2 Å². The summed E-state index contributed by atoms with van der Waals surface area (Å²) in [5, 5.41) is 54.2. The smallest absolute Gasteiger partial charge is 0.379 e. The highest BCUT2D eigenvalue weighted by molar-refractivity contribution is 5.95. The number of fused-ring (bicyclic) bond motifs is 3. The van der Waals surface area contributed by atoms with E-state index in [0.717, 1.165) is 12.8 Å². The van der Waals surface area contributed by atoms with Crippen molar-refractivity contribution in [1.29, 1.82) is 0 Å². The maximum absolute atomic E-state index is 14.8. The number of hydrogen-bond acceptors (Lipinski definition) is 16. The number of rotatable bonds is 8. The highest BCUT2D eigenvalue weighted by atomic mass is 16.7. The number of benzene rings is 1. The molecule has 0 unspecified atom stereocenters. The molecule has 1 aromatic rings. The number of methoxy groups -OCH3 is 1. The molecule has 1 saturated carbocycles. The maximum atomic E-state index is 14.8. The van der Waals surface area contributed by atoms with Crippen LogP contribution in [-0.2, 0) is 47.5 Å². The summed E-state index contributed by atoms with van der Waals surface area (Å²) >= 11 is 0. The molecular weight excluding hydrogens is 873 g/mol. The first-order valence-electron chi connectivity index (χ1n) is 23.6. The Hall–Kier alpha value is -4.78. The van der Waals surface area contributed by atoms with Crippen molar-refractivity contribution in [2.75, 3.05) is 7.11 Å². The molecule has 8 rings (SSSR count). The van der Waals surface area contributed by atoms with Gasteiger partial charge in [-0.25, -0.2) is 14.4 Å². The molecule has 4 heterocycles. The van der Waals surface area contributed by atoms with Crippen molar-refractivity contribution < 1.29 is 82.6 Å². The Morgan fingerprint density at radius 3 is 2.36 bits per heavy atom. The van der Waals surface area contributed by atoms with Crippen molar-refractivity contribution in [2.24, 2.45) is 35.0 Å². The van der Waals surface area contributed by atoms with Crippen molar-refractivity contribution in [3.8, 4) is 11.5 Å². The van der Waals surface area contributed by atoms with E-state index in [1.165, 1.54) is 25.3 Å². The largest absolute Gasteiger partial charge is 0.508 e. The Labute approximate surface area is 389 Å². The van der Waals surface area contributed by atoms with Crippen molar-refractivity contribution >= 4 is 23.9 Å². The summed E-state index contributed by atoms with van der Waals surface area (Å²) in [6, 6.07) is 2.71. The van der Waals surface area contributed by atoms with Crippen LogP contribution in [0.1, 0.15) is 108 Å². The predicted molar refractivity (Wildman–Crippen MR) is 235 cm³/mol. The highest BCUT2D eigenvalue weighted by Gasteiger charge is 2.60. The van der Waals surface area contributed by atoms with Gasteiger partial charge in [0.1, 0.15) is 35.4 Å². The highest BCUT2D eigenvalue weighted by Crippen LogP contribution is 2.55. The number of aliphatic hydroxyl groups is 3. The van der Waals surface area contributed by atoms with Crippen LogP contribution in [-0.4, -0.2) is 117 Å². The molecule has 2 bridgehead atoms. The normalized spacial score (nSPS) is 40.4. The quantitative estimate of drug-likeness (QED) is 0.114. The minimum absolute atomic E-state index is 0.0110. The first-order valence-corrected chi connectivity index (χ1v) is 23.6. The standard InChI is InChI=1S/C50H64O17/c1-24-18-30(51)20-36(60-6)40(24)46(57)64-37-22-39(61-26(3)41(37)53)65-42-27(4)62-38(21-34(42)52)63-35-15-11-14-33-31(35)17-16-28-12-9-7-8-10-13-29-19-32(45(55)56)25(2)23-50(29)44(54)43(47(58)67-50)66-48(59)49(28,33)5/h10,13,16-20,25-29,31,33-35,37-39,41-42,51-54H,7-9,11-12,14-15,21-23H2,1-6H3,(H,55,56)/b13-10+/t25-,26-,27-,28-,29-,31+,33-,34-,35+,37-,38+,39+,41-,42-,49-,50+/m1/s1. The second-order valence-electron chi connectivity index (χ2n) is 19.6. The third kappa shape index (κ3) is 9.15. The van der Waals surface area contributed by atoms with Crippen molar-refractivity contribution in [3.05, 3.63) is 70.7 Å². The van der Waals surface area contributed by atoms with Gasteiger partial charge in [0.15, 0.2) is 23.9 Å². The monoisotopic (exact) mass is 936 g/mol. The van der Waals surface area contributed by atoms with E-state index >= 15 is 0 Å². The minimum atomic E-state index is -1.62. The van der Waals surface area contributed by atoms with Gasteiger partial charge in [0.2, 0.25) is 0 Å². The van der Waals surface area contributed by atoms with E-state index in [1.54, 1.807) is 33.8 Å². The van der Waals surface area contributed by atoms with Crippen LogP contribution in [0.3, 0.4) is 0 Å². The fraction of sp³-hybridized carbons (Fsp3) is 0.640. The summed E-state index contributed by atoms with van der Waals surface area (Å²) in [5.41, 5.74) is -2.09. The first-order chi connectivity index (χ1) is 31.9. The Morgan fingerprint density at radius 2 is 1.63 bits per heavy atom. The fourth-order valence-corrected chi connectivity index (χ4v) is 11.7. The van der Waals surface area contributed by atoms with Gasteiger partial charge in [-0.3, -0.25) is 4.79 Å². The zero-order chi connectivity index (χ0) is 48.1. The van der Waals surface area contributed by atoms with Crippen LogP contribution in [0.2, 0.25) is 0 Å². The molecule has 1 spiro atoms. The third-order valence-corrected chi connectivity index (χ3v) is 15.4. The Kier molecular flexibility index (Phi) is 14.0. The number of phenolic OH excluding ortho intramolecular Hbond substituents is 1. The Balaban J connectivity index is 0.951. The topological polar surface area (TPSA) is 243 Å². The number of esters is 3. The average Bonchev–Trinajstić information content (AvgIpc) is 3.49. The molecule has 17 heteroatoms. The van der Waals surface area contributed by atoms with Gasteiger partial charge < -0.3 is 63.4 Å². The van der Waals surface area contributed by atoms with Gasteiger partial charge in [0, 0.05) is 42.7 Å². The number of carbonyl (C=O) groups excluding carboxylic acids is 3. The van der Waals surface area contributed by atoms with E-state index < -0.39 is 114 Å². The van der Waals surface area contributed by atoms with Crippen LogP contribution in [0.25, 0.3) is 0 Å². The number of allylic oxidation sites excluding steroid dienone is 2. The number of aromatic hydroxyl groups is 1. The van der Waals surface area contributed by atoms with Crippen LogP contribution < -0.4 is 4.74 Å². The number of aliphatic carboxylic acids is 1. The van der Waals surface area contributed by atoms with Crippen molar-refractivity contribution in [3.63, 3.8) is 0 Å². The third-order valence-electron chi connectivity index (χ3n) is 15.4. The summed E-state index contributed by atoms with van der Waals surface area (Å²) < 4.78 is 48.3. The van der Waals surface area contributed by atoms with E-state index in [-0.39, 0.29) is 59.7 Å². The number of aryl methyl sites for hydroxylation is 1. The van der Waals surface area contributed by atoms with Crippen LogP contribution >= 0.6 is 0 Å². The first kappa shape index (κ1) is 48.7. The molecule has 4 aliphatic heterocycles. The van der Waals surface area contributed by atoms with E-state index in [2.05, 4.69) is 6.08 Å². The molecule has 5 N–H and O–H groups in total. The molecule has 0 radical (unpaired) electrons. The van der Waals surface area contributed by atoms with Crippen LogP contribution in [0.15, 0.2) is 59.6 Å². The van der Waals surface area contributed by atoms with Crippen molar-refractivity contribution in [2.45, 2.75) is 160 Å². The second-order valence-corrected chi connectivity index (χ2v) is 19.6. The molecule has 67 heavy (non-hydrogen) atoms. The number of phenols is 1. The minimum Gasteiger partial charge on any atom is -0.508 e. The Morgan fingerprint density at radius 1 is 0.881 bits per heavy atom. The molecule has 366 valence electrons. The number of carbonyl (C=O) groups is 4. The molecule has 2 saturated heterocycles. The number of carboxylic acids is 1. The van der Waals surface area contributed by atoms with Crippen LogP contribution in [0.4, 0.5) is 0 Å². The molecule has 0 amide bonds. The lowest BCUT2D eigenvalue weighted by molar-refractivity contribution is -0.318. The average molecular weight is 937 g/mol. The molecule has 16 atom stereocenters. The molecule has 3 fully saturated rings. The fourth-order valence-electron chi connectivity index (χ4n) is 11.7. The summed E-state index contributed by atoms with van der Waals surface area (Å²) in [4.78, 5) is 53.8. The Bertz CT molecular complexity index is 2200. The summed E-state index contributed by atoms with van der Waals surface area (Å²) in [7, 11) is 1.37. The molecule has 1 aromatic carbocycles. The van der Waals surface area contributed by atoms with E-state index in [1.807, 2.05) is 19.1 Å². The molecule has 0 aromatic heterocycles. The van der Waals surface area contributed by atoms with Crippen LogP contribution in [0, 0.1) is 41.9 Å². The van der Waals surface area contributed by atoms with E-state index in [0.29, 0.717) is 37.7 Å². The SMILES string of the molecule is COc1cc(O)cc(C)c1C(=O)O[C@@H]1C[C@H](O[C@H]2[C@H](O)C[C@H](O[C@H]3CCC[C@@H]4[C@@H]3C=C[C@H]3CCCC/C=C/[C@@H]5C=C(C(=O)O)[C@H](C)C[C@]56OC(=O)C(=C6O)OC(=O)[C@@]43C)O[C@@H]2C)O[C@H](C)[C@H]1O. The van der Waals surface area contributed by atoms with Gasteiger partial charge in [-0.1, -0.05) is 50.1 Å². The molecule has 7 aliphatic rings. The zero-order valence-electron chi connectivity index (χ0n) is 38.8. The summed E-state index contributed by atoms with van der Waals surface area (Å²) in [6.07, 6.45) is 6.37. The lowest BCUT2D eigenvalue weighted by atomic mass is 9.55. The maximum Gasteiger partial charge on any atom is 0.379 e. The van der Waals surface area contributed by atoms with Crippen LogP contribution in [0.5, 0.6) is 11.5 Å². The lowest BCUT2D eigenvalue weighted by Crippen LogP contribution is -2.56. The van der Waals surface area contributed by atoms with Gasteiger partial charge in [0.25, 0.3) is 5.76 Å². The number of carboxylic acid groups (broad SMARTS) is 1. The summed E-state index contributed by atoms with van der Waals surface area (Å²) in [6.45, 7) is 8.56.